The summed E-state index contributed by atoms with van der Waals surface area (Å²) in [7, 11) is 0. The first-order valence-corrected chi connectivity index (χ1v) is 19.7. The molecule has 11 nitrogen and oxygen atoms in total. The van der Waals surface area contributed by atoms with Crippen LogP contribution in [0.3, 0.4) is 0 Å². The molecule has 5 fully saturated rings. The van der Waals surface area contributed by atoms with E-state index >= 15 is 0 Å². The maximum absolute atomic E-state index is 13.5. The molecule has 14 atom stereocenters. The van der Waals surface area contributed by atoms with Gasteiger partial charge in [0.2, 0.25) is 0 Å². The Kier molecular flexibility index (Phi) is 10.9. The van der Waals surface area contributed by atoms with Gasteiger partial charge >= 0.3 is 17.9 Å². The van der Waals surface area contributed by atoms with Crippen molar-refractivity contribution in [1.82, 2.24) is 0 Å². The molecule has 290 valence electrons. The molecule has 0 unspecified atom stereocenters. The first-order chi connectivity index (χ1) is 25.2. The zero-order valence-electron chi connectivity index (χ0n) is 32.0. The van der Waals surface area contributed by atoms with Gasteiger partial charge in [0, 0.05) is 33.1 Å². The third-order valence-electron chi connectivity index (χ3n) is 13.6. The van der Waals surface area contributed by atoms with E-state index < -0.39 is 67.1 Å². The summed E-state index contributed by atoms with van der Waals surface area (Å²) in [5.41, 5.74) is 1.91. The van der Waals surface area contributed by atoms with Crippen molar-refractivity contribution in [2.24, 2.45) is 28.6 Å². The minimum absolute atomic E-state index is 0.00324. The highest BCUT2D eigenvalue weighted by molar-refractivity contribution is 5.91. The van der Waals surface area contributed by atoms with Gasteiger partial charge in [0.25, 0.3) is 0 Å². The molecule has 0 radical (unpaired) electrons. The summed E-state index contributed by atoms with van der Waals surface area (Å²) in [6.45, 7) is 11.0. The summed E-state index contributed by atoms with van der Waals surface area (Å²) in [4.78, 5) is 49.6. The minimum Gasteiger partial charge on any atom is -0.458 e. The monoisotopic (exact) mass is 736 g/mol. The van der Waals surface area contributed by atoms with Crippen LogP contribution in [0.4, 0.5) is 0 Å². The first kappa shape index (κ1) is 38.2. The zero-order valence-corrected chi connectivity index (χ0v) is 32.0. The number of carbonyl (C=O) groups excluding carboxylic acids is 4. The average molecular weight is 737 g/mol. The molecular formula is C42H56O11. The van der Waals surface area contributed by atoms with E-state index in [4.69, 9.17) is 33.2 Å². The van der Waals surface area contributed by atoms with Crippen LogP contribution in [0.15, 0.2) is 42.0 Å². The number of rotatable bonds is 8. The Bertz CT molecular complexity index is 1580. The number of allylic oxidation sites excluding steroid dienone is 1. The highest BCUT2D eigenvalue weighted by Gasteiger charge is 2.60. The van der Waals surface area contributed by atoms with Crippen LogP contribution in [-0.2, 0) is 47.5 Å². The molecule has 7 rings (SSSR count). The van der Waals surface area contributed by atoms with E-state index in [-0.39, 0.29) is 35.6 Å². The van der Waals surface area contributed by atoms with Gasteiger partial charge in [0.1, 0.15) is 18.3 Å². The van der Waals surface area contributed by atoms with Crippen molar-refractivity contribution >= 4 is 23.7 Å². The third kappa shape index (κ3) is 7.60. The highest BCUT2D eigenvalue weighted by Crippen LogP contribution is 2.65. The van der Waals surface area contributed by atoms with Crippen LogP contribution >= 0.6 is 0 Å². The number of ketones is 1. The lowest BCUT2D eigenvalue weighted by atomic mass is 9.47. The molecule has 0 aromatic heterocycles. The Morgan fingerprint density at radius 2 is 1.40 bits per heavy atom. The van der Waals surface area contributed by atoms with Crippen LogP contribution < -0.4 is 0 Å². The fourth-order valence-corrected chi connectivity index (χ4v) is 11.1. The van der Waals surface area contributed by atoms with Crippen molar-refractivity contribution in [2.45, 2.75) is 161 Å². The molecule has 0 N–H and O–H groups in total. The largest absolute Gasteiger partial charge is 0.458 e. The molecule has 0 amide bonds. The number of hydrogen-bond acceptors (Lipinski definition) is 11. The van der Waals surface area contributed by atoms with Gasteiger partial charge in [0.05, 0.1) is 23.9 Å². The lowest BCUT2D eigenvalue weighted by Gasteiger charge is -2.58. The number of ether oxygens (including phenoxy) is 7. The van der Waals surface area contributed by atoms with Crippen molar-refractivity contribution in [3.63, 3.8) is 0 Å². The molecule has 4 aliphatic carbocycles. The van der Waals surface area contributed by atoms with E-state index in [2.05, 4.69) is 13.8 Å². The Morgan fingerprint density at radius 3 is 2.09 bits per heavy atom. The van der Waals surface area contributed by atoms with Gasteiger partial charge in [-0.15, -0.1) is 0 Å². The fraction of sp³-hybridized carbons (Fsp3) is 0.714. The van der Waals surface area contributed by atoms with Gasteiger partial charge in [-0.2, -0.15) is 0 Å². The van der Waals surface area contributed by atoms with Crippen molar-refractivity contribution in [3.05, 3.63) is 47.5 Å². The maximum atomic E-state index is 13.5. The third-order valence-corrected chi connectivity index (χ3v) is 13.6. The molecule has 3 saturated carbocycles. The van der Waals surface area contributed by atoms with Gasteiger partial charge in [-0.1, -0.05) is 37.6 Å². The smallest absolute Gasteiger partial charge is 0.338 e. The van der Waals surface area contributed by atoms with Gasteiger partial charge in [-0.25, -0.2) is 4.79 Å². The number of carbonyl (C=O) groups is 4. The summed E-state index contributed by atoms with van der Waals surface area (Å²) in [6, 6.07) is 8.85. The van der Waals surface area contributed by atoms with Crippen LogP contribution in [0.1, 0.15) is 116 Å². The van der Waals surface area contributed by atoms with Crippen LogP contribution in [0, 0.1) is 28.6 Å². The van der Waals surface area contributed by atoms with Crippen LogP contribution in [0.2, 0.25) is 0 Å². The van der Waals surface area contributed by atoms with Gasteiger partial charge in [-0.3, -0.25) is 14.4 Å². The Hall–Kier alpha value is -3.12. The second-order valence-corrected chi connectivity index (χ2v) is 16.9. The number of fused-ring (bicyclic) bond motifs is 5. The fourth-order valence-electron chi connectivity index (χ4n) is 11.1. The van der Waals surface area contributed by atoms with E-state index in [1.54, 1.807) is 31.2 Å². The zero-order chi connectivity index (χ0) is 37.7. The number of hydrogen-bond donors (Lipinski definition) is 0. The summed E-state index contributed by atoms with van der Waals surface area (Å²) in [5.74, 6) is 0.530. The minimum atomic E-state index is -0.854. The van der Waals surface area contributed by atoms with Crippen molar-refractivity contribution in [1.29, 1.82) is 0 Å². The van der Waals surface area contributed by atoms with Crippen LogP contribution in [0.25, 0.3) is 0 Å². The summed E-state index contributed by atoms with van der Waals surface area (Å²) in [6.07, 6.45) is 4.65. The normalized spacial score (nSPS) is 42.3. The van der Waals surface area contributed by atoms with Crippen LogP contribution in [-0.4, -0.2) is 79.0 Å². The topological polar surface area (TPSA) is 133 Å². The Balaban J connectivity index is 1.06. The van der Waals surface area contributed by atoms with Crippen LogP contribution in [0.5, 0.6) is 0 Å². The van der Waals surface area contributed by atoms with Crippen molar-refractivity contribution < 1.29 is 52.3 Å². The average Bonchev–Trinajstić information content (AvgIpc) is 3.43. The van der Waals surface area contributed by atoms with Crippen molar-refractivity contribution in [2.75, 3.05) is 0 Å². The second kappa shape index (κ2) is 15.2. The summed E-state index contributed by atoms with van der Waals surface area (Å²) < 4.78 is 43.4. The lowest BCUT2D eigenvalue weighted by molar-refractivity contribution is -0.320. The van der Waals surface area contributed by atoms with Gasteiger partial charge in [0.15, 0.2) is 24.5 Å². The molecule has 1 aromatic carbocycles. The maximum Gasteiger partial charge on any atom is 0.338 e. The molecule has 2 aliphatic heterocycles. The predicted molar refractivity (Wildman–Crippen MR) is 191 cm³/mol. The van der Waals surface area contributed by atoms with Gasteiger partial charge < -0.3 is 33.2 Å². The Morgan fingerprint density at radius 1 is 0.736 bits per heavy atom. The molecular weight excluding hydrogens is 680 g/mol. The molecule has 2 saturated heterocycles. The molecule has 0 bridgehead atoms. The molecule has 6 aliphatic rings. The predicted octanol–water partition coefficient (Wildman–Crippen LogP) is 6.65. The molecule has 1 aromatic rings. The van der Waals surface area contributed by atoms with E-state index in [9.17, 15) is 19.2 Å². The van der Waals surface area contributed by atoms with E-state index in [1.807, 2.05) is 19.1 Å². The molecule has 53 heavy (non-hydrogen) atoms. The van der Waals surface area contributed by atoms with E-state index in [0.717, 1.165) is 44.9 Å². The van der Waals surface area contributed by atoms with Gasteiger partial charge in [-0.05, 0) is 106 Å². The molecule has 2 heterocycles. The number of benzene rings is 1. The summed E-state index contributed by atoms with van der Waals surface area (Å²) >= 11 is 0. The lowest BCUT2D eigenvalue weighted by Crippen LogP contribution is -2.57. The van der Waals surface area contributed by atoms with Crippen molar-refractivity contribution in [3.8, 4) is 0 Å². The molecule has 11 heteroatoms. The van der Waals surface area contributed by atoms with E-state index in [0.29, 0.717) is 29.7 Å². The first-order valence-electron chi connectivity index (χ1n) is 19.7. The highest BCUT2D eigenvalue weighted by atomic mass is 16.7. The standard InChI is InChI=1S/C42H56O11/c1-23-38(50-26(4)44)33(49-25(3)43)21-37(48-23)53-39-24(2)47-36(22-34(39)51-40(46)27-10-8-7-9-11-27)52-35-15-14-31-30-13-12-28-20-29(45)16-18-41(28,5)32(30)17-19-42(31,35)6/h7-11,20,23-24,30-39H,12-19,21-22H2,1-6H3/t23-,24-,30+,31+,32+,33-,34-,35+,36+,37-,38+,39+,41+,42+/m1/s1. The Labute approximate surface area is 312 Å². The molecule has 0 spiro atoms. The van der Waals surface area contributed by atoms with E-state index in [1.165, 1.54) is 19.4 Å². The quantitative estimate of drug-likeness (QED) is 0.210. The second-order valence-electron chi connectivity index (χ2n) is 16.9. The number of esters is 3. The SMILES string of the molecule is CC(=O)O[C@H]1[C@@H](C)O[C@H](O[C@H]2[C@@H](C)O[C@@H](O[C@H]3CC[C@H]4[C@@H]5CCC6=CC(=O)CC[C@]6(C)[C@H]5CC[C@]34C)C[C@H]2OC(=O)c2ccccc2)C[C@H]1OC(C)=O. The summed E-state index contributed by atoms with van der Waals surface area (Å²) in [5, 5.41) is 0.